The first-order valence-corrected chi connectivity index (χ1v) is 6.91. The van der Waals surface area contributed by atoms with Crippen LogP contribution in [0.3, 0.4) is 0 Å². The van der Waals surface area contributed by atoms with E-state index in [1.165, 1.54) is 11.3 Å². The quantitative estimate of drug-likeness (QED) is 0.927. The summed E-state index contributed by atoms with van der Waals surface area (Å²) in [5.74, 6) is 0. The average Bonchev–Trinajstić information content (AvgIpc) is 2.85. The van der Waals surface area contributed by atoms with Gasteiger partial charge < -0.3 is 10.2 Å². The van der Waals surface area contributed by atoms with Crippen molar-refractivity contribution in [3.8, 4) is 0 Å². The third kappa shape index (κ3) is 3.53. The van der Waals surface area contributed by atoms with Crippen LogP contribution in [0.15, 0.2) is 36.7 Å². The van der Waals surface area contributed by atoms with E-state index in [2.05, 4.69) is 66.5 Å². The highest BCUT2D eigenvalue weighted by Crippen LogP contribution is 2.17. The molecule has 20 heavy (non-hydrogen) atoms. The Balaban J connectivity index is 1.96. The Morgan fingerprint density at radius 2 is 1.80 bits per heavy atom. The monoisotopic (exact) mass is 272 g/mol. The van der Waals surface area contributed by atoms with E-state index < -0.39 is 0 Å². The van der Waals surface area contributed by atoms with Gasteiger partial charge in [0.25, 0.3) is 0 Å². The number of hydrogen-bond donors (Lipinski definition) is 1. The Morgan fingerprint density at radius 3 is 2.30 bits per heavy atom. The van der Waals surface area contributed by atoms with Crippen molar-refractivity contribution in [3.63, 3.8) is 0 Å². The number of nitrogens with zero attached hydrogens (tertiary/aromatic N) is 3. The number of benzene rings is 1. The van der Waals surface area contributed by atoms with Gasteiger partial charge in [-0.1, -0.05) is 0 Å². The molecule has 0 unspecified atom stereocenters. The second-order valence-electron chi connectivity index (χ2n) is 6.26. The topological polar surface area (TPSA) is 33.1 Å². The number of hydrogen-bond acceptors (Lipinski definition) is 3. The Kier molecular flexibility index (Phi) is 4.02. The highest BCUT2D eigenvalue weighted by atomic mass is 15.3. The molecule has 2 aromatic rings. The maximum atomic E-state index is 4.41. The fourth-order valence-corrected chi connectivity index (χ4v) is 1.90. The first-order valence-electron chi connectivity index (χ1n) is 6.91. The first-order chi connectivity index (χ1) is 9.36. The third-order valence-electron chi connectivity index (χ3n) is 3.20. The van der Waals surface area contributed by atoms with E-state index >= 15 is 0 Å². The second kappa shape index (κ2) is 5.57. The van der Waals surface area contributed by atoms with Gasteiger partial charge in [-0.2, -0.15) is 5.10 Å². The van der Waals surface area contributed by atoms with E-state index in [9.17, 15) is 0 Å². The molecule has 1 aromatic carbocycles. The van der Waals surface area contributed by atoms with E-state index in [4.69, 9.17) is 0 Å². The van der Waals surface area contributed by atoms with Crippen LogP contribution < -0.4 is 10.2 Å². The minimum atomic E-state index is 0.0333. The van der Waals surface area contributed by atoms with E-state index in [0.717, 1.165) is 12.2 Å². The van der Waals surface area contributed by atoms with Gasteiger partial charge in [0.05, 0.1) is 11.7 Å². The van der Waals surface area contributed by atoms with Gasteiger partial charge in [0.15, 0.2) is 0 Å². The highest BCUT2D eigenvalue weighted by molar-refractivity contribution is 5.54. The van der Waals surface area contributed by atoms with Crippen LogP contribution in [0.25, 0.3) is 0 Å². The van der Waals surface area contributed by atoms with Crippen LogP contribution in [0.2, 0.25) is 0 Å². The zero-order chi connectivity index (χ0) is 14.8. The van der Waals surface area contributed by atoms with Crippen molar-refractivity contribution >= 4 is 11.4 Å². The molecule has 0 bridgehead atoms. The van der Waals surface area contributed by atoms with Crippen molar-refractivity contribution in [3.05, 3.63) is 42.2 Å². The summed E-state index contributed by atoms with van der Waals surface area (Å²) in [7, 11) is 4.09. The van der Waals surface area contributed by atoms with Crippen LogP contribution in [-0.4, -0.2) is 23.9 Å². The van der Waals surface area contributed by atoms with Gasteiger partial charge in [-0.05, 0) is 45.0 Å². The molecule has 0 aliphatic carbocycles. The Labute approximate surface area is 121 Å². The minimum absolute atomic E-state index is 0.0333. The number of anilines is 2. The van der Waals surface area contributed by atoms with E-state index in [0.29, 0.717) is 0 Å². The van der Waals surface area contributed by atoms with Gasteiger partial charge in [0.2, 0.25) is 0 Å². The molecule has 1 aromatic heterocycles. The van der Waals surface area contributed by atoms with Crippen molar-refractivity contribution in [2.75, 3.05) is 24.3 Å². The molecule has 0 spiro atoms. The van der Waals surface area contributed by atoms with Gasteiger partial charge in [-0.25, -0.2) is 0 Å². The molecule has 0 aliphatic rings. The molecule has 108 valence electrons. The number of nitrogens with one attached hydrogen (secondary N) is 1. The fourth-order valence-electron chi connectivity index (χ4n) is 1.90. The van der Waals surface area contributed by atoms with Crippen molar-refractivity contribution in [2.24, 2.45) is 0 Å². The number of rotatable bonds is 4. The predicted molar refractivity (Wildman–Crippen MR) is 85.3 cm³/mol. The van der Waals surface area contributed by atoms with E-state index in [-0.39, 0.29) is 5.54 Å². The van der Waals surface area contributed by atoms with Crippen LogP contribution in [0.1, 0.15) is 26.3 Å². The van der Waals surface area contributed by atoms with Crippen LogP contribution >= 0.6 is 0 Å². The molecule has 0 saturated heterocycles. The lowest BCUT2D eigenvalue weighted by atomic mass is 10.1. The SMILES string of the molecule is CN(C)c1ccc(NCc2cnn(C(C)(C)C)c2)cc1. The van der Waals surface area contributed by atoms with Gasteiger partial charge >= 0.3 is 0 Å². The number of aromatic nitrogens is 2. The lowest BCUT2D eigenvalue weighted by Gasteiger charge is -2.18. The molecule has 0 amide bonds. The summed E-state index contributed by atoms with van der Waals surface area (Å²) in [6.45, 7) is 7.24. The molecule has 4 nitrogen and oxygen atoms in total. The predicted octanol–water partition coefficient (Wildman–Crippen LogP) is 3.32. The lowest BCUT2D eigenvalue weighted by molar-refractivity contribution is 0.355. The van der Waals surface area contributed by atoms with Crippen LogP contribution in [0, 0.1) is 0 Å². The summed E-state index contributed by atoms with van der Waals surface area (Å²) in [5, 5.41) is 7.83. The molecular formula is C16H24N4. The zero-order valence-electron chi connectivity index (χ0n) is 13.0. The van der Waals surface area contributed by atoms with Gasteiger partial charge in [-0.3, -0.25) is 4.68 Å². The fraction of sp³-hybridized carbons (Fsp3) is 0.438. The molecule has 4 heteroatoms. The third-order valence-corrected chi connectivity index (χ3v) is 3.20. The molecule has 1 heterocycles. The summed E-state index contributed by atoms with van der Waals surface area (Å²) in [6.07, 6.45) is 4.02. The summed E-state index contributed by atoms with van der Waals surface area (Å²) in [4.78, 5) is 2.09. The molecule has 0 aliphatic heterocycles. The molecule has 2 rings (SSSR count). The van der Waals surface area contributed by atoms with Gasteiger partial charge in [-0.15, -0.1) is 0 Å². The molecular weight excluding hydrogens is 248 g/mol. The lowest BCUT2D eigenvalue weighted by Crippen LogP contribution is -2.21. The standard InChI is InChI=1S/C16H24N4/c1-16(2,3)20-12-13(11-18-20)10-17-14-6-8-15(9-7-14)19(4)5/h6-9,11-12,17H,10H2,1-5H3. The van der Waals surface area contributed by atoms with Crippen molar-refractivity contribution in [1.29, 1.82) is 0 Å². The zero-order valence-corrected chi connectivity index (χ0v) is 13.0. The molecule has 1 N–H and O–H groups in total. The average molecular weight is 272 g/mol. The highest BCUT2D eigenvalue weighted by Gasteiger charge is 2.13. The van der Waals surface area contributed by atoms with E-state index in [1.807, 2.05) is 25.0 Å². The van der Waals surface area contributed by atoms with Crippen LogP contribution in [0.4, 0.5) is 11.4 Å². The Bertz CT molecular complexity index is 547. The summed E-state index contributed by atoms with van der Waals surface area (Å²) >= 11 is 0. The van der Waals surface area contributed by atoms with Crippen molar-refractivity contribution in [2.45, 2.75) is 32.9 Å². The van der Waals surface area contributed by atoms with E-state index in [1.54, 1.807) is 0 Å². The maximum absolute atomic E-state index is 4.41. The maximum Gasteiger partial charge on any atom is 0.0543 e. The van der Waals surface area contributed by atoms with Crippen LogP contribution in [-0.2, 0) is 12.1 Å². The van der Waals surface area contributed by atoms with Crippen molar-refractivity contribution < 1.29 is 0 Å². The summed E-state index contributed by atoms with van der Waals surface area (Å²) in [5.41, 5.74) is 3.55. The van der Waals surface area contributed by atoms with Crippen LogP contribution in [0.5, 0.6) is 0 Å². The smallest absolute Gasteiger partial charge is 0.0543 e. The normalized spacial score (nSPS) is 11.4. The Morgan fingerprint density at radius 1 is 1.15 bits per heavy atom. The molecule has 0 fully saturated rings. The second-order valence-corrected chi connectivity index (χ2v) is 6.26. The summed E-state index contributed by atoms with van der Waals surface area (Å²) in [6, 6.07) is 8.43. The molecule has 0 saturated carbocycles. The van der Waals surface area contributed by atoms with Crippen molar-refractivity contribution in [1.82, 2.24) is 9.78 Å². The summed E-state index contributed by atoms with van der Waals surface area (Å²) < 4.78 is 2.00. The minimum Gasteiger partial charge on any atom is -0.381 e. The first kappa shape index (κ1) is 14.4. The van der Waals surface area contributed by atoms with Gasteiger partial charge in [0.1, 0.15) is 0 Å². The largest absolute Gasteiger partial charge is 0.381 e. The van der Waals surface area contributed by atoms with Gasteiger partial charge in [0, 0.05) is 43.8 Å². The molecule has 0 radical (unpaired) electrons. The molecule has 0 atom stereocenters. The Hall–Kier alpha value is -1.97.